The fraction of sp³-hybridized carbons (Fsp3) is 0.500. The zero-order chi connectivity index (χ0) is 12.8. The molecule has 1 heterocycles. The number of carboxylic acids is 1. The van der Waals surface area contributed by atoms with Crippen LogP contribution in [0.5, 0.6) is 0 Å². The molecule has 0 spiro atoms. The molecular formula is C14H19NO2S. The van der Waals surface area contributed by atoms with Crippen molar-refractivity contribution in [1.82, 2.24) is 4.90 Å². The van der Waals surface area contributed by atoms with Gasteiger partial charge in [0.15, 0.2) is 0 Å². The molecular weight excluding hydrogens is 246 g/mol. The standard InChI is InChI=1S/C14H19NO2S/c16-14(17)13(12-5-2-1-3-6-12)11-15-7-4-9-18-10-8-15/h1-3,5-6,13H,4,7-11H2,(H,16,17). The maximum atomic E-state index is 11.4. The summed E-state index contributed by atoms with van der Waals surface area (Å²) in [5.74, 6) is 1.17. The van der Waals surface area contributed by atoms with Crippen molar-refractivity contribution in [3.63, 3.8) is 0 Å². The van der Waals surface area contributed by atoms with Crippen LogP contribution >= 0.6 is 11.8 Å². The van der Waals surface area contributed by atoms with Gasteiger partial charge >= 0.3 is 5.97 Å². The van der Waals surface area contributed by atoms with E-state index in [0.717, 1.165) is 30.8 Å². The third-order valence-corrected chi connectivity index (χ3v) is 4.30. The highest BCUT2D eigenvalue weighted by atomic mass is 32.2. The smallest absolute Gasteiger partial charge is 0.312 e. The highest BCUT2D eigenvalue weighted by Gasteiger charge is 2.23. The summed E-state index contributed by atoms with van der Waals surface area (Å²) in [7, 11) is 0. The zero-order valence-electron chi connectivity index (χ0n) is 10.4. The molecule has 1 aliphatic rings. The Hall–Kier alpha value is -1.00. The van der Waals surface area contributed by atoms with Gasteiger partial charge in [-0.1, -0.05) is 30.3 Å². The number of carbonyl (C=O) groups is 1. The van der Waals surface area contributed by atoms with Crippen molar-refractivity contribution in [3.05, 3.63) is 35.9 Å². The lowest BCUT2D eigenvalue weighted by Gasteiger charge is -2.23. The number of benzene rings is 1. The molecule has 0 bridgehead atoms. The monoisotopic (exact) mass is 265 g/mol. The van der Waals surface area contributed by atoms with Crippen LogP contribution in [0.2, 0.25) is 0 Å². The van der Waals surface area contributed by atoms with Gasteiger partial charge in [-0.05, 0) is 24.3 Å². The minimum atomic E-state index is -0.724. The van der Waals surface area contributed by atoms with E-state index >= 15 is 0 Å². The average Bonchev–Trinajstić information content (AvgIpc) is 2.65. The minimum absolute atomic E-state index is 0.408. The van der Waals surface area contributed by atoms with E-state index in [1.165, 1.54) is 5.75 Å². The first-order valence-corrected chi connectivity index (χ1v) is 7.50. The van der Waals surface area contributed by atoms with E-state index in [-0.39, 0.29) is 0 Å². The molecule has 1 unspecified atom stereocenters. The fourth-order valence-corrected chi connectivity index (χ4v) is 3.17. The number of carboxylic acid groups (broad SMARTS) is 1. The largest absolute Gasteiger partial charge is 0.481 e. The molecule has 0 radical (unpaired) electrons. The summed E-state index contributed by atoms with van der Waals surface area (Å²) >= 11 is 1.96. The van der Waals surface area contributed by atoms with Gasteiger partial charge in [0.1, 0.15) is 0 Å². The average molecular weight is 265 g/mol. The summed E-state index contributed by atoms with van der Waals surface area (Å²) in [6.07, 6.45) is 1.16. The lowest BCUT2D eigenvalue weighted by atomic mass is 9.98. The van der Waals surface area contributed by atoms with Crippen molar-refractivity contribution in [3.8, 4) is 0 Å². The Morgan fingerprint density at radius 2 is 2.06 bits per heavy atom. The first-order valence-electron chi connectivity index (χ1n) is 6.35. The van der Waals surface area contributed by atoms with Crippen LogP contribution in [0.25, 0.3) is 0 Å². The molecule has 18 heavy (non-hydrogen) atoms. The van der Waals surface area contributed by atoms with Gasteiger partial charge in [-0.3, -0.25) is 4.79 Å². The Kier molecular flexibility index (Phi) is 5.08. The lowest BCUT2D eigenvalue weighted by Crippen LogP contribution is -2.33. The number of hydrogen-bond donors (Lipinski definition) is 1. The Labute approximate surface area is 112 Å². The first kappa shape index (κ1) is 13.4. The second-order valence-electron chi connectivity index (χ2n) is 4.57. The van der Waals surface area contributed by atoms with Crippen LogP contribution in [-0.4, -0.2) is 47.1 Å². The van der Waals surface area contributed by atoms with E-state index in [4.69, 9.17) is 0 Å². The van der Waals surface area contributed by atoms with Crippen LogP contribution in [0, 0.1) is 0 Å². The first-order chi connectivity index (χ1) is 8.77. The van der Waals surface area contributed by atoms with Crippen LogP contribution in [0.1, 0.15) is 17.9 Å². The Bertz CT molecular complexity index is 375. The zero-order valence-corrected chi connectivity index (χ0v) is 11.2. The normalized spacial score (nSPS) is 19.1. The molecule has 1 saturated heterocycles. The van der Waals surface area contributed by atoms with Gasteiger partial charge in [0.25, 0.3) is 0 Å². The molecule has 4 heteroatoms. The molecule has 1 N–H and O–H groups in total. The van der Waals surface area contributed by atoms with Gasteiger partial charge in [0.05, 0.1) is 5.92 Å². The molecule has 1 aromatic carbocycles. The molecule has 1 aromatic rings. The molecule has 2 rings (SSSR count). The number of hydrogen-bond acceptors (Lipinski definition) is 3. The molecule has 1 aliphatic heterocycles. The summed E-state index contributed by atoms with van der Waals surface area (Å²) in [5.41, 5.74) is 0.905. The predicted molar refractivity (Wildman–Crippen MR) is 75.2 cm³/mol. The second kappa shape index (κ2) is 6.81. The highest BCUT2D eigenvalue weighted by molar-refractivity contribution is 7.99. The summed E-state index contributed by atoms with van der Waals surface area (Å²) in [6.45, 7) is 2.64. The number of aliphatic carboxylic acids is 1. The van der Waals surface area contributed by atoms with Crippen molar-refractivity contribution in [2.45, 2.75) is 12.3 Å². The molecule has 0 aliphatic carbocycles. The summed E-state index contributed by atoms with van der Waals surface area (Å²) in [4.78, 5) is 13.7. The van der Waals surface area contributed by atoms with Gasteiger partial charge in [0, 0.05) is 18.8 Å². The number of thioether (sulfide) groups is 1. The van der Waals surface area contributed by atoms with Crippen LogP contribution in [0.4, 0.5) is 0 Å². The van der Waals surface area contributed by atoms with Crippen LogP contribution in [0.15, 0.2) is 30.3 Å². The SMILES string of the molecule is O=C(O)C(CN1CCCSCC1)c1ccccc1. The molecule has 3 nitrogen and oxygen atoms in total. The molecule has 1 atom stereocenters. The van der Waals surface area contributed by atoms with Crippen LogP contribution in [0.3, 0.4) is 0 Å². The molecule has 0 aromatic heterocycles. The van der Waals surface area contributed by atoms with Crippen molar-refractivity contribution in [1.29, 1.82) is 0 Å². The van der Waals surface area contributed by atoms with E-state index in [2.05, 4.69) is 4.90 Å². The van der Waals surface area contributed by atoms with Gasteiger partial charge in [-0.2, -0.15) is 11.8 Å². The van der Waals surface area contributed by atoms with Gasteiger partial charge in [-0.15, -0.1) is 0 Å². The highest BCUT2D eigenvalue weighted by Crippen LogP contribution is 2.19. The number of nitrogens with zero attached hydrogens (tertiary/aromatic N) is 1. The van der Waals surface area contributed by atoms with Crippen molar-refractivity contribution in [2.24, 2.45) is 0 Å². The van der Waals surface area contributed by atoms with Gasteiger partial charge in [0.2, 0.25) is 0 Å². The van der Waals surface area contributed by atoms with E-state index in [9.17, 15) is 9.90 Å². The fourth-order valence-electron chi connectivity index (χ4n) is 2.25. The van der Waals surface area contributed by atoms with Gasteiger partial charge < -0.3 is 10.0 Å². The maximum Gasteiger partial charge on any atom is 0.312 e. The minimum Gasteiger partial charge on any atom is -0.481 e. The topological polar surface area (TPSA) is 40.5 Å². The lowest BCUT2D eigenvalue weighted by molar-refractivity contribution is -0.139. The van der Waals surface area contributed by atoms with E-state index in [1.807, 2.05) is 42.1 Å². The van der Waals surface area contributed by atoms with Crippen LogP contribution in [-0.2, 0) is 4.79 Å². The Morgan fingerprint density at radius 3 is 2.78 bits per heavy atom. The third kappa shape index (κ3) is 3.75. The Morgan fingerprint density at radius 1 is 1.28 bits per heavy atom. The summed E-state index contributed by atoms with van der Waals surface area (Å²) in [6, 6.07) is 9.55. The number of rotatable bonds is 4. The summed E-state index contributed by atoms with van der Waals surface area (Å²) < 4.78 is 0. The maximum absolute atomic E-state index is 11.4. The molecule has 0 amide bonds. The second-order valence-corrected chi connectivity index (χ2v) is 5.79. The van der Waals surface area contributed by atoms with E-state index < -0.39 is 11.9 Å². The van der Waals surface area contributed by atoms with Crippen molar-refractivity contribution < 1.29 is 9.90 Å². The van der Waals surface area contributed by atoms with Crippen molar-refractivity contribution >= 4 is 17.7 Å². The van der Waals surface area contributed by atoms with E-state index in [0.29, 0.717) is 6.54 Å². The van der Waals surface area contributed by atoms with Crippen LogP contribution < -0.4 is 0 Å². The van der Waals surface area contributed by atoms with Crippen molar-refractivity contribution in [2.75, 3.05) is 31.1 Å². The van der Waals surface area contributed by atoms with E-state index in [1.54, 1.807) is 0 Å². The molecule has 1 fully saturated rings. The third-order valence-electron chi connectivity index (χ3n) is 3.26. The summed E-state index contributed by atoms with van der Waals surface area (Å²) in [5, 5.41) is 9.40. The quantitative estimate of drug-likeness (QED) is 0.907. The molecule has 98 valence electrons. The van der Waals surface area contributed by atoms with Gasteiger partial charge in [-0.25, -0.2) is 0 Å². The molecule has 0 saturated carbocycles. The predicted octanol–water partition coefficient (Wildman–Crippen LogP) is 2.29. The Balaban J connectivity index is 2.04.